The minimum Gasteiger partial charge on any atom is -0.378 e. The van der Waals surface area contributed by atoms with Gasteiger partial charge >= 0.3 is 0 Å². The molecule has 0 amide bonds. The Balaban J connectivity index is 1.76. The minimum absolute atomic E-state index is 0.545. The van der Waals surface area contributed by atoms with Crippen molar-refractivity contribution in [2.45, 2.75) is 64.0 Å². The largest absolute Gasteiger partial charge is 0.378 e. The van der Waals surface area contributed by atoms with Gasteiger partial charge in [0.2, 0.25) is 0 Å². The first-order valence-electron chi connectivity index (χ1n) is 6.75. The van der Waals surface area contributed by atoms with Crippen LogP contribution in [0.15, 0.2) is 0 Å². The lowest BCUT2D eigenvalue weighted by atomic mass is 9.77. The van der Waals surface area contributed by atoms with Gasteiger partial charge in [-0.3, -0.25) is 0 Å². The first-order chi connectivity index (χ1) is 7.40. The van der Waals surface area contributed by atoms with Gasteiger partial charge in [-0.15, -0.1) is 0 Å². The first kappa shape index (κ1) is 11.4. The molecule has 1 aliphatic heterocycles. The molecule has 1 heterocycles. The maximum absolute atomic E-state index is 5.83. The molecule has 2 unspecified atom stereocenters. The van der Waals surface area contributed by atoms with E-state index in [-0.39, 0.29) is 0 Å². The Bertz CT molecular complexity index is 173. The van der Waals surface area contributed by atoms with Gasteiger partial charge in [0.15, 0.2) is 0 Å². The fourth-order valence-electron chi connectivity index (χ4n) is 2.82. The Kier molecular flexibility index (Phi) is 4.45. The van der Waals surface area contributed by atoms with Gasteiger partial charge in [0.25, 0.3) is 0 Å². The third kappa shape index (κ3) is 3.18. The van der Waals surface area contributed by atoms with Crippen LogP contribution < -0.4 is 5.32 Å². The third-order valence-electron chi connectivity index (χ3n) is 3.98. The lowest BCUT2D eigenvalue weighted by Crippen LogP contribution is -2.42. The van der Waals surface area contributed by atoms with Gasteiger partial charge in [-0.25, -0.2) is 0 Å². The van der Waals surface area contributed by atoms with E-state index in [1.807, 2.05) is 0 Å². The van der Waals surface area contributed by atoms with Crippen LogP contribution in [0.3, 0.4) is 0 Å². The molecule has 2 aliphatic rings. The number of hydrogen-bond acceptors (Lipinski definition) is 2. The fraction of sp³-hybridized carbons (Fsp3) is 1.00. The molecule has 0 spiro atoms. The molecule has 1 saturated carbocycles. The van der Waals surface area contributed by atoms with Crippen molar-refractivity contribution in [3.05, 3.63) is 0 Å². The van der Waals surface area contributed by atoms with Crippen LogP contribution in [-0.2, 0) is 4.74 Å². The lowest BCUT2D eigenvalue weighted by molar-refractivity contribution is -0.00233. The van der Waals surface area contributed by atoms with Crippen LogP contribution in [0.1, 0.15) is 51.9 Å². The summed E-state index contributed by atoms with van der Waals surface area (Å²) in [6.45, 7) is 4.31. The quantitative estimate of drug-likeness (QED) is 0.755. The molecule has 0 aromatic rings. The summed E-state index contributed by atoms with van der Waals surface area (Å²) in [5, 5.41) is 3.65. The van der Waals surface area contributed by atoms with Crippen molar-refractivity contribution < 1.29 is 4.74 Å². The van der Waals surface area contributed by atoms with Gasteiger partial charge in [0.1, 0.15) is 0 Å². The van der Waals surface area contributed by atoms with Crippen LogP contribution in [0.25, 0.3) is 0 Å². The van der Waals surface area contributed by atoms with Crippen LogP contribution in [0, 0.1) is 5.92 Å². The minimum atomic E-state index is 0.545. The van der Waals surface area contributed by atoms with Gasteiger partial charge in [-0.2, -0.15) is 0 Å². The number of ether oxygens (including phenoxy) is 1. The van der Waals surface area contributed by atoms with Crippen LogP contribution >= 0.6 is 0 Å². The van der Waals surface area contributed by atoms with Gasteiger partial charge in [0.05, 0.1) is 6.10 Å². The molecule has 2 rings (SSSR count). The topological polar surface area (TPSA) is 21.3 Å². The summed E-state index contributed by atoms with van der Waals surface area (Å²) < 4.78 is 5.83. The van der Waals surface area contributed by atoms with Crippen LogP contribution in [0.4, 0.5) is 0 Å². The standard InChI is InChI=1S/C13H25NO/c1-2-14-13(11-6-5-7-11)10-12-8-3-4-9-15-12/h11-14H,2-10H2,1H3. The molecule has 0 radical (unpaired) electrons. The van der Waals surface area contributed by atoms with Crippen molar-refractivity contribution in [1.82, 2.24) is 5.32 Å². The van der Waals surface area contributed by atoms with Crippen molar-refractivity contribution >= 4 is 0 Å². The summed E-state index contributed by atoms with van der Waals surface area (Å²) in [5.41, 5.74) is 0. The Hall–Kier alpha value is -0.0800. The highest BCUT2D eigenvalue weighted by Crippen LogP contribution is 2.32. The Morgan fingerprint density at radius 3 is 2.60 bits per heavy atom. The summed E-state index contributed by atoms with van der Waals surface area (Å²) in [6.07, 6.45) is 10.0. The predicted octanol–water partition coefficient (Wildman–Crippen LogP) is 2.72. The lowest BCUT2D eigenvalue weighted by Gasteiger charge is -2.37. The van der Waals surface area contributed by atoms with Crippen LogP contribution in [0.5, 0.6) is 0 Å². The molecular weight excluding hydrogens is 186 g/mol. The van der Waals surface area contributed by atoms with Crippen molar-refractivity contribution in [2.75, 3.05) is 13.2 Å². The highest BCUT2D eigenvalue weighted by molar-refractivity contribution is 4.85. The molecule has 15 heavy (non-hydrogen) atoms. The second-order valence-corrected chi connectivity index (χ2v) is 5.08. The summed E-state index contributed by atoms with van der Waals surface area (Å²) in [6, 6.07) is 0.729. The Labute approximate surface area is 93.8 Å². The van der Waals surface area contributed by atoms with E-state index in [4.69, 9.17) is 4.74 Å². The molecule has 1 saturated heterocycles. The SMILES string of the molecule is CCNC(CC1CCCCO1)C1CCC1. The summed E-state index contributed by atoms with van der Waals surface area (Å²) in [7, 11) is 0. The molecule has 0 bridgehead atoms. The van der Waals surface area contributed by atoms with Gasteiger partial charge in [-0.05, 0) is 51.0 Å². The molecule has 2 atom stereocenters. The van der Waals surface area contributed by atoms with Crippen molar-refractivity contribution in [2.24, 2.45) is 5.92 Å². The van der Waals surface area contributed by atoms with Crippen molar-refractivity contribution in [3.63, 3.8) is 0 Å². The normalized spacial score (nSPS) is 29.8. The molecular formula is C13H25NO. The van der Waals surface area contributed by atoms with E-state index in [1.165, 1.54) is 44.9 Å². The van der Waals surface area contributed by atoms with Crippen LogP contribution in [-0.4, -0.2) is 25.3 Å². The maximum Gasteiger partial charge on any atom is 0.0590 e. The molecule has 0 aromatic heterocycles. The second kappa shape index (κ2) is 5.86. The van der Waals surface area contributed by atoms with Gasteiger partial charge in [-0.1, -0.05) is 13.3 Å². The zero-order valence-corrected chi connectivity index (χ0v) is 10.0. The Morgan fingerprint density at radius 2 is 2.07 bits per heavy atom. The fourth-order valence-corrected chi connectivity index (χ4v) is 2.82. The highest BCUT2D eigenvalue weighted by Gasteiger charge is 2.29. The van der Waals surface area contributed by atoms with Gasteiger partial charge in [0, 0.05) is 12.6 Å². The molecule has 2 fully saturated rings. The molecule has 1 N–H and O–H groups in total. The zero-order chi connectivity index (χ0) is 10.5. The number of rotatable bonds is 5. The van der Waals surface area contributed by atoms with Crippen molar-refractivity contribution in [1.29, 1.82) is 0 Å². The van der Waals surface area contributed by atoms with E-state index < -0.39 is 0 Å². The van der Waals surface area contributed by atoms with E-state index in [1.54, 1.807) is 0 Å². The summed E-state index contributed by atoms with van der Waals surface area (Å²) in [5.74, 6) is 0.940. The van der Waals surface area contributed by atoms with E-state index in [2.05, 4.69) is 12.2 Å². The summed E-state index contributed by atoms with van der Waals surface area (Å²) >= 11 is 0. The monoisotopic (exact) mass is 211 g/mol. The molecule has 1 aliphatic carbocycles. The van der Waals surface area contributed by atoms with Crippen molar-refractivity contribution in [3.8, 4) is 0 Å². The first-order valence-corrected chi connectivity index (χ1v) is 6.75. The zero-order valence-electron chi connectivity index (χ0n) is 10.0. The summed E-state index contributed by atoms with van der Waals surface area (Å²) in [4.78, 5) is 0. The molecule has 0 aromatic carbocycles. The number of nitrogens with one attached hydrogen (secondary N) is 1. The van der Waals surface area contributed by atoms with E-state index in [0.717, 1.165) is 25.1 Å². The molecule has 88 valence electrons. The van der Waals surface area contributed by atoms with E-state index >= 15 is 0 Å². The van der Waals surface area contributed by atoms with Crippen LogP contribution in [0.2, 0.25) is 0 Å². The predicted molar refractivity (Wildman–Crippen MR) is 63.0 cm³/mol. The Morgan fingerprint density at radius 1 is 1.20 bits per heavy atom. The average molecular weight is 211 g/mol. The highest BCUT2D eigenvalue weighted by atomic mass is 16.5. The third-order valence-corrected chi connectivity index (χ3v) is 3.98. The van der Waals surface area contributed by atoms with Gasteiger partial charge < -0.3 is 10.1 Å². The molecule has 2 heteroatoms. The van der Waals surface area contributed by atoms with E-state index in [9.17, 15) is 0 Å². The average Bonchev–Trinajstić information content (AvgIpc) is 2.17. The van der Waals surface area contributed by atoms with E-state index in [0.29, 0.717) is 6.10 Å². The number of hydrogen-bond donors (Lipinski definition) is 1. The molecule has 2 nitrogen and oxygen atoms in total. The smallest absolute Gasteiger partial charge is 0.0590 e. The maximum atomic E-state index is 5.83. The second-order valence-electron chi connectivity index (χ2n) is 5.08.